The summed E-state index contributed by atoms with van der Waals surface area (Å²) in [5, 5.41) is 12.9. The average molecular weight is 437 g/mol. The van der Waals surface area contributed by atoms with Crippen LogP contribution in [0.3, 0.4) is 0 Å². The summed E-state index contributed by atoms with van der Waals surface area (Å²) in [5.74, 6) is -2.66. The first-order chi connectivity index (χ1) is 15.5. The van der Waals surface area contributed by atoms with Gasteiger partial charge in [0.25, 0.3) is 5.92 Å². The lowest BCUT2D eigenvalue weighted by Crippen LogP contribution is -2.55. The van der Waals surface area contributed by atoms with E-state index in [4.69, 9.17) is 5.26 Å². The van der Waals surface area contributed by atoms with Crippen molar-refractivity contribution in [3.63, 3.8) is 0 Å². The van der Waals surface area contributed by atoms with Crippen LogP contribution in [0.25, 0.3) is 5.65 Å². The van der Waals surface area contributed by atoms with Crippen molar-refractivity contribution in [2.45, 2.75) is 43.7 Å². The van der Waals surface area contributed by atoms with E-state index in [-0.39, 0.29) is 35.6 Å². The molecule has 0 saturated carbocycles. The minimum absolute atomic E-state index is 0.100. The van der Waals surface area contributed by atoms with Gasteiger partial charge in [-0.15, -0.1) is 0 Å². The molecular weight excluding hydrogens is 416 g/mol. The number of carbonyl (C=O) groups is 1. The van der Waals surface area contributed by atoms with Gasteiger partial charge in [-0.2, -0.15) is 10.4 Å². The molecule has 5 rings (SSSR count). The summed E-state index contributed by atoms with van der Waals surface area (Å²) in [7, 11) is 0. The molecule has 2 fully saturated rings. The van der Waals surface area contributed by atoms with Crippen molar-refractivity contribution >= 4 is 17.4 Å². The van der Waals surface area contributed by atoms with E-state index < -0.39 is 12.3 Å². The number of alkyl halides is 2. The van der Waals surface area contributed by atoms with Crippen molar-refractivity contribution in [1.29, 1.82) is 5.26 Å². The number of pyridine rings is 2. The van der Waals surface area contributed by atoms with Crippen LogP contribution in [0.4, 0.5) is 14.6 Å². The maximum atomic E-state index is 14.9. The Morgan fingerprint density at radius 2 is 1.97 bits per heavy atom. The van der Waals surface area contributed by atoms with Crippen molar-refractivity contribution in [1.82, 2.24) is 24.5 Å². The Morgan fingerprint density at radius 1 is 1.19 bits per heavy atom. The van der Waals surface area contributed by atoms with Crippen LogP contribution < -0.4 is 4.90 Å². The van der Waals surface area contributed by atoms with Gasteiger partial charge < -0.3 is 9.80 Å². The topological polar surface area (TPSA) is 90.4 Å². The second kappa shape index (κ2) is 7.82. The van der Waals surface area contributed by atoms with Gasteiger partial charge in [-0.05, 0) is 37.1 Å². The fraction of sp³-hybridized carbons (Fsp3) is 0.409. The molecule has 0 aliphatic carbocycles. The monoisotopic (exact) mass is 437 g/mol. The average Bonchev–Trinajstić information content (AvgIpc) is 3.39. The third kappa shape index (κ3) is 3.53. The van der Waals surface area contributed by atoms with Crippen molar-refractivity contribution in [3.8, 4) is 6.07 Å². The zero-order valence-corrected chi connectivity index (χ0v) is 17.2. The molecule has 2 bridgehead atoms. The van der Waals surface area contributed by atoms with E-state index in [1.54, 1.807) is 23.4 Å². The molecule has 8 nitrogen and oxygen atoms in total. The van der Waals surface area contributed by atoms with Crippen LogP contribution in [-0.2, 0) is 10.7 Å². The summed E-state index contributed by atoms with van der Waals surface area (Å²) in [6.45, 7) is 0.977. The standard InChI is InChI=1S/C22H21F2N7O/c23-22(24,18-2-1-9-30-21(18)27-14-28-30)8-7-20(32)29-12-16-4-5-17(13-29)31(16)19-6-3-15(10-25)11-26-19/h1-3,6,9,11,14,16-17H,4-5,7-8,12-13H2/t16-,17?/m0/s1. The maximum absolute atomic E-state index is 14.9. The molecular formula is C22H21F2N7O. The number of hydrogen-bond donors (Lipinski definition) is 0. The van der Waals surface area contributed by atoms with E-state index in [0.29, 0.717) is 18.7 Å². The maximum Gasteiger partial charge on any atom is 0.277 e. The molecule has 2 aliphatic rings. The lowest BCUT2D eigenvalue weighted by Gasteiger charge is -2.42. The highest BCUT2D eigenvalue weighted by atomic mass is 19.3. The highest BCUT2D eigenvalue weighted by Gasteiger charge is 2.43. The highest BCUT2D eigenvalue weighted by molar-refractivity contribution is 5.77. The SMILES string of the molecule is N#Cc1ccc(N2C3CC[C@H]2CN(C(=O)CCC(F)(F)c2cccn4ncnc24)C3)nc1. The van der Waals surface area contributed by atoms with Crippen LogP contribution in [-0.4, -0.2) is 55.6 Å². The predicted molar refractivity (Wildman–Crippen MR) is 111 cm³/mol. The number of nitriles is 1. The quantitative estimate of drug-likeness (QED) is 0.610. The fourth-order valence-electron chi connectivity index (χ4n) is 4.78. The van der Waals surface area contributed by atoms with Gasteiger partial charge in [0, 0.05) is 50.4 Å². The number of aromatic nitrogens is 4. The molecule has 10 heteroatoms. The number of nitrogens with zero attached hydrogens (tertiary/aromatic N) is 7. The normalized spacial score (nSPS) is 20.5. The van der Waals surface area contributed by atoms with Crippen LogP contribution in [0.5, 0.6) is 0 Å². The summed E-state index contributed by atoms with van der Waals surface area (Å²) in [4.78, 5) is 25.0. The minimum atomic E-state index is -3.18. The van der Waals surface area contributed by atoms with Gasteiger partial charge in [0.2, 0.25) is 5.91 Å². The largest absolute Gasteiger partial charge is 0.347 e. The number of halogens is 2. The first-order valence-electron chi connectivity index (χ1n) is 10.6. The van der Waals surface area contributed by atoms with Gasteiger partial charge >= 0.3 is 0 Å². The van der Waals surface area contributed by atoms with Crippen molar-refractivity contribution in [2.75, 3.05) is 18.0 Å². The van der Waals surface area contributed by atoms with E-state index in [1.807, 2.05) is 6.07 Å². The Balaban J connectivity index is 1.24. The number of piperazine rings is 1. The predicted octanol–water partition coefficient (Wildman–Crippen LogP) is 2.75. The number of amides is 1. The molecule has 0 radical (unpaired) electrons. The molecule has 2 atom stereocenters. The Hall–Kier alpha value is -3.61. The number of anilines is 1. The minimum Gasteiger partial charge on any atom is -0.347 e. The second-order valence-electron chi connectivity index (χ2n) is 8.26. The molecule has 0 spiro atoms. The zero-order chi connectivity index (χ0) is 22.3. The van der Waals surface area contributed by atoms with Crippen LogP contribution in [0.1, 0.15) is 36.8 Å². The Bertz CT molecular complexity index is 1170. The Morgan fingerprint density at radius 3 is 2.66 bits per heavy atom. The third-order valence-electron chi connectivity index (χ3n) is 6.33. The molecule has 0 N–H and O–H groups in total. The zero-order valence-electron chi connectivity index (χ0n) is 17.2. The van der Waals surface area contributed by atoms with E-state index >= 15 is 0 Å². The Kier molecular flexibility index (Phi) is 4.96. The summed E-state index contributed by atoms with van der Waals surface area (Å²) in [6.07, 6.45) is 5.36. The molecule has 3 aromatic rings. The summed E-state index contributed by atoms with van der Waals surface area (Å²) in [6, 6.07) is 8.65. The van der Waals surface area contributed by atoms with Crippen molar-refractivity contribution in [2.24, 2.45) is 0 Å². The van der Waals surface area contributed by atoms with Gasteiger partial charge in [-0.1, -0.05) is 0 Å². The number of carbonyl (C=O) groups excluding carboxylic acids is 1. The van der Waals surface area contributed by atoms with Crippen molar-refractivity contribution in [3.05, 3.63) is 54.1 Å². The summed E-state index contributed by atoms with van der Waals surface area (Å²) < 4.78 is 31.1. The number of likely N-dealkylation sites (tertiary alicyclic amines) is 1. The molecule has 2 aliphatic heterocycles. The van der Waals surface area contributed by atoms with Crippen LogP contribution >= 0.6 is 0 Å². The molecule has 164 valence electrons. The molecule has 2 saturated heterocycles. The molecule has 0 aromatic carbocycles. The second-order valence-corrected chi connectivity index (χ2v) is 8.26. The summed E-state index contributed by atoms with van der Waals surface area (Å²) in [5.41, 5.74) is 0.381. The molecule has 32 heavy (non-hydrogen) atoms. The van der Waals surface area contributed by atoms with Crippen LogP contribution in [0, 0.1) is 11.3 Å². The van der Waals surface area contributed by atoms with Gasteiger partial charge in [0.1, 0.15) is 18.2 Å². The lowest BCUT2D eigenvalue weighted by atomic mass is 10.0. The van der Waals surface area contributed by atoms with Crippen LogP contribution in [0.15, 0.2) is 43.0 Å². The van der Waals surface area contributed by atoms with Gasteiger partial charge in [-0.3, -0.25) is 4.79 Å². The molecule has 5 heterocycles. The van der Waals surface area contributed by atoms with E-state index in [9.17, 15) is 13.6 Å². The number of fused-ring (bicyclic) bond motifs is 3. The molecule has 1 amide bonds. The third-order valence-corrected chi connectivity index (χ3v) is 6.33. The van der Waals surface area contributed by atoms with Gasteiger partial charge in [0.15, 0.2) is 5.65 Å². The molecule has 3 aromatic heterocycles. The van der Waals surface area contributed by atoms with Crippen molar-refractivity contribution < 1.29 is 13.6 Å². The lowest BCUT2D eigenvalue weighted by molar-refractivity contribution is -0.134. The smallest absolute Gasteiger partial charge is 0.277 e. The van der Waals surface area contributed by atoms with Gasteiger partial charge in [0.05, 0.1) is 11.1 Å². The molecule has 1 unspecified atom stereocenters. The van der Waals surface area contributed by atoms with E-state index in [2.05, 4.69) is 26.0 Å². The highest BCUT2D eigenvalue weighted by Crippen LogP contribution is 2.37. The Labute approximate surface area is 183 Å². The van der Waals surface area contributed by atoms with Gasteiger partial charge in [-0.25, -0.2) is 23.3 Å². The first kappa shape index (κ1) is 20.3. The van der Waals surface area contributed by atoms with E-state index in [1.165, 1.54) is 23.0 Å². The summed E-state index contributed by atoms with van der Waals surface area (Å²) >= 11 is 0. The van der Waals surface area contributed by atoms with Crippen LogP contribution in [0.2, 0.25) is 0 Å². The first-order valence-corrected chi connectivity index (χ1v) is 10.6. The number of hydrogen-bond acceptors (Lipinski definition) is 6. The fourth-order valence-corrected chi connectivity index (χ4v) is 4.78. The van der Waals surface area contributed by atoms with E-state index in [0.717, 1.165) is 18.7 Å². The number of rotatable bonds is 5.